The zero-order valence-corrected chi connectivity index (χ0v) is 12.0. The van der Waals surface area contributed by atoms with Gasteiger partial charge in [0.05, 0.1) is 6.04 Å². The van der Waals surface area contributed by atoms with Crippen molar-refractivity contribution in [3.05, 3.63) is 23.8 Å². The number of nitrogens with zero attached hydrogens (tertiary/aromatic N) is 4. The van der Waals surface area contributed by atoms with Crippen molar-refractivity contribution in [2.24, 2.45) is 5.92 Å². The Morgan fingerprint density at radius 3 is 2.68 bits per heavy atom. The van der Waals surface area contributed by atoms with Gasteiger partial charge < -0.3 is 5.73 Å². The topological polar surface area (TPSA) is 69.6 Å². The highest BCUT2D eigenvalue weighted by Gasteiger charge is 2.19. The second kappa shape index (κ2) is 5.38. The Morgan fingerprint density at radius 1 is 1.32 bits per heavy atom. The number of nitrogen functional groups attached to an aromatic ring is 1. The van der Waals surface area contributed by atoms with E-state index in [0.29, 0.717) is 5.92 Å². The van der Waals surface area contributed by atoms with Crippen LogP contribution >= 0.6 is 0 Å². The summed E-state index contributed by atoms with van der Waals surface area (Å²) in [5, 5.41) is 12.1. The van der Waals surface area contributed by atoms with E-state index >= 15 is 0 Å². The maximum Gasteiger partial charge on any atom is 0.182 e. The van der Waals surface area contributed by atoms with Gasteiger partial charge in [0, 0.05) is 11.3 Å². The van der Waals surface area contributed by atoms with Gasteiger partial charge in [0.1, 0.15) is 0 Å². The molecule has 19 heavy (non-hydrogen) atoms. The highest BCUT2D eigenvalue weighted by molar-refractivity contribution is 5.63. The van der Waals surface area contributed by atoms with E-state index in [1.165, 1.54) is 0 Å². The predicted octanol–water partition coefficient (Wildman–Crippen LogP) is 2.84. The molecule has 2 N–H and O–H groups in total. The van der Waals surface area contributed by atoms with E-state index < -0.39 is 0 Å². The summed E-state index contributed by atoms with van der Waals surface area (Å²) in [5.74, 6) is 1.30. The minimum Gasteiger partial charge on any atom is -0.398 e. The SMILES string of the molecule is CCC(C)C(C)n1nnnc1-c1ccc(C)c(N)c1. The van der Waals surface area contributed by atoms with Gasteiger partial charge in [-0.25, -0.2) is 4.68 Å². The van der Waals surface area contributed by atoms with Crippen molar-refractivity contribution in [2.45, 2.75) is 40.2 Å². The normalized spacial score (nSPS) is 14.3. The molecule has 0 aliphatic heterocycles. The van der Waals surface area contributed by atoms with Crippen LogP contribution in [0, 0.1) is 12.8 Å². The standard InChI is InChI=1S/C14H21N5/c1-5-9(2)11(4)19-14(16-17-18-19)12-7-6-10(3)13(15)8-12/h6-9,11H,5,15H2,1-4H3. The van der Waals surface area contributed by atoms with Gasteiger partial charge in [-0.15, -0.1) is 5.10 Å². The Bertz CT molecular complexity index is 561. The fraction of sp³-hybridized carbons (Fsp3) is 0.500. The molecule has 2 aromatic rings. The van der Waals surface area contributed by atoms with E-state index in [-0.39, 0.29) is 6.04 Å². The largest absolute Gasteiger partial charge is 0.398 e. The van der Waals surface area contributed by atoms with Crippen molar-refractivity contribution in [3.8, 4) is 11.4 Å². The molecule has 102 valence electrons. The first-order valence-corrected chi connectivity index (χ1v) is 6.69. The van der Waals surface area contributed by atoms with Crippen molar-refractivity contribution in [1.82, 2.24) is 20.2 Å². The van der Waals surface area contributed by atoms with Crippen LogP contribution in [0.1, 0.15) is 38.8 Å². The minimum absolute atomic E-state index is 0.262. The van der Waals surface area contributed by atoms with Crippen molar-refractivity contribution in [3.63, 3.8) is 0 Å². The summed E-state index contributed by atoms with van der Waals surface area (Å²) < 4.78 is 1.89. The van der Waals surface area contributed by atoms with E-state index in [0.717, 1.165) is 29.1 Å². The molecule has 0 saturated carbocycles. The molecule has 5 nitrogen and oxygen atoms in total. The van der Waals surface area contributed by atoms with Crippen LogP contribution < -0.4 is 5.73 Å². The molecule has 5 heteroatoms. The molecule has 1 aromatic heterocycles. The molecular formula is C14H21N5. The number of hydrogen-bond donors (Lipinski definition) is 1. The number of hydrogen-bond acceptors (Lipinski definition) is 4. The van der Waals surface area contributed by atoms with Crippen molar-refractivity contribution in [2.75, 3.05) is 5.73 Å². The molecule has 1 aromatic carbocycles. The molecule has 0 aliphatic carbocycles. The summed E-state index contributed by atoms with van der Waals surface area (Å²) in [7, 11) is 0. The molecule has 0 radical (unpaired) electrons. The lowest BCUT2D eigenvalue weighted by molar-refractivity contribution is 0.340. The van der Waals surface area contributed by atoms with Gasteiger partial charge in [0.15, 0.2) is 5.82 Å². The van der Waals surface area contributed by atoms with Crippen molar-refractivity contribution < 1.29 is 0 Å². The lowest BCUT2D eigenvalue weighted by Crippen LogP contribution is -2.16. The first-order chi connectivity index (χ1) is 9.04. The summed E-state index contributed by atoms with van der Waals surface area (Å²) in [4.78, 5) is 0. The molecule has 0 spiro atoms. The van der Waals surface area contributed by atoms with Gasteiger partial charge in [-0.2, -0.15) is 0 Å². The highest BCUT2D eigenvalue weighted by Crippen LogP contribution is 2.26. The number of rotatable bonds is 4. The van der Waals surface area contributed by atoms with E-state index in [9.17, 15) is 0 Å². The first kappa shape index (κ1) is 13.5. The average molecular weight is 259 g/mol. The molecule has 1 heterocycles. The fourth-order valence-corrected chi connectivity index (χ4v) is 2.02. The Morgan fingerprint density at radius 2 is 2.05 bits per heavy atom. The summed E-state index contributed by atoms with van der Waals surface area (Å²) in [6, 6.07) is 6.20. The van der Waals surface area contributed by atoms with Gasteiger partial charge >= 0.3 is 0 Å². The van der Waals surface area contributed by atoms with Gasteiger partial charge in [0.2, 0.25) is 0 Å². The quantitative estimate of drug-likeness (QED) is 0.857. The molecule has 0 aliphatic rings. The third-order valence-electron chi connectivity index (χ3n) is 3.88. The Labute approximate surface area is 113 Å². The summed E-state index contributed by atoms with van der Waals surface area (Å²) >= 11 is 0. The maximum atomic E-state index is 5.96. The minimum atomic E-state index is 0.262. The smallest absolute Gasteiger partial charge is 0.182 e. The fourth-order valence-electron chi connectivity index (χ4n) is 2.02. The number of anilines is 1. The van der Waals surface area contributed by atoms with Gasteiger partial charge in [-0.05, 0) is 41.8 Å². The lowest BCUT2D eigenvalue weighted by atomic mass is 10.0. The monoisotopic (exact) mass is 259 g/mol. The molecular weight excluding hydrogens is 238 g/mol. The van der Waals surface area contributed by atoms with Crippen LogP contribution in [0.2, 0.25) is 0 Å². The molecule has 2 rings (SSSR count). The molecule has 0 saturated heterocycles. The number of nitrogens with two attached hydrogens (primary N) is 1. The van der Waals surface area contributed by atoms with Gasteiger partial charge in [-0.1, -0.05) is 32.4 Å². The molecule has 0 fully saturated rings. The number of tetrazole rings is 1. The van der Waals surface area contributed by atoms with Crippen LogP contribution in [0.5, 0.6) is 0 Å². The summed E-state index contributed by atoms with van der Waals surface area (Å²) in [6.45, 7) is 8.52. The molecule has 2 atom stereocenters. The van der Waals surface area contributed by atoms with Crippen molar-refractivity contribution >= 4 is 5.69 Å². The Balaban J connectivity index is 2.41. The van der Waals surface area contributed by atoms with E-state index in [1.807, 2.05) is 29.8 Å². The highest BCUT2D eigenvalue weighted by atomic mass is 15.5. The zero-order valence-electron chi connectivity index (χ0n) is 12.0. The van der Waals surface area contributed by atoms with Crippen LogP contribution in [0.4, 0.5) is 5.69 Å². The van der Waals surface area contributed by atoms with Crippen LogP contribution in [0.3, 0.4) is 0 Å². The second-order valence-corrected chi connectivity index (χ2v) is 5.14. The summed E-state index contributed by atoms with van der Waals surface area (Å²) in [5.41, 5.74) is 8.76. The van der Waals surface area contributed by atoms with Crippen LogP contribution in [0.25, 0.3) is 11.4 Å². The second-order valence-electron chi connectivity index (χ2n) is 5.14. The number of aromatic nitrogens is 4. The maximum absolute atomic E-state index is 5.96. The number of aryl methyl sites for hydroxylation is 1. The van der Waals surface area contributed by atoms with E-state index in [1.54, 1.807) is 0 Å². The summed E-state index contributed by atoms with van der Waals surface area (Å²) in [6.07, 6.45) is 1.09. The van der Waals surface area contributed by atoms with E-state index in [2.05, 4.69) is 36.3 Å². The molecule has 0 bridgehead atoms. The molecule has 2 unspecified atom stereocenters. The van der Waals surface area contributed by atoms with Crippen LogP contribution in [-0.4, -0.2) is 20.2 Å². The third kappa shape index (κ3) is 2.59. The van der Waals surface area contributed by atoms with Gasteiger partial charge in [-0.3, -0.25) is 0 Å². The van der Waals surface area contributed by atoms with Crippen LogP contribution in [-0.2, 0) is 0 Å². The predicted molar refractivity (Wildman–Crippen MR) is 76.6 cm³/mol. The van der Waals surface area contributed by atoms with Crippen molar-refractivity contribution in [1.29, 1.82) is 0 Å². The van der Waals surface area contributed by atoms with E-state index in [4.69, 9.17) is 5.73 Å². The third-order valence-corrected chi connectivity index (χ3v) is 3.88. The molecule has 0 amide bonds. The lowest BCUT2D eigenvalue weighted by Gasteiger charge is -2.19. The zero-order chi connectivity index (χ0) is 14.0. The van der Waals surface area contributed by atoms with Crippen LogP contribution in [0.15, 0.2) is 18.2 Å². The first-order valence-electron chi connectivity index (χ1n) is 6.69. The van der Waals surface area contributed by atoms with Gasteiger partial charge in [0.25, 0.3) is 0 Å². The Hall–Kier alpha value is -1.91. The average Bonchev–Trinajstić information content (AvgIpc) is 2.89. The number of benzene rings is 1. The Kier molecular flexibility index (Phi) is 3.83.